The van der Waals surface area contributed by atoms with Gasteiger partial charge in [0.2, 0.25) is 5.95 Å². The molecule has 20 heavy (non-hydrogen) atoms. The number of nitrogens with zero attached hydrogens (tertiary/aromatic N) is 1. The average molecular weight is 272 g/mol. The fraction of sp³-hybridized carbons (Fsp3) is 0.133. The van der Waals surface area contributed by atoms with Gasteiger partial charge in [-0.05, 0) is 36.4 Å². The van der Waals surface area contributed by atoms with E-state index in [1.54, 1.807) is 26.3 Å². The van der Waals surface area contributed by atoms with Crippen LogP contribution in [0, 0.1) is 5.95 Å². The predicted octanol–water partition coefficient (Wildman–Crippen LogP) is 3.68. The van der Waals surface area contributed by atoms with Gasteiger partial charge < -0.3 is 14.5 Å². The number of furan rings is 1. The van der Waals surface area contributed by atoms with Crippen molar-refractivity contribution in [3.8, 4) is 17.2 Å². The molecule has 0 radical (unpaired) electrons. The molecule has 102 valence electrons. The number of hydrogen-bond acceptors (Lipinski definition) is 4. The van der Waals surface area contributed by atoms with Crippen molar-refractivity contribution < 1.29 is 13.5 Å². The summed E-state index contributed by atoms with van der Waals surface area (Å²) < 4.78 is 24.5. The highest BCUT2D eigenvalue weighted by Gasteiger charge is 2.11. The van der Waals surface area contributed by atoms with Crippen LogP contribution < -0.4 is 10.1 Å². The van der Waals surface area contributed by atoms with Crippen molar-refractivity contribution in [3.05, 3.63) is 42.3 Å². The lowest BCUT2D eigenvalue weighted by Gasteiger charge is -2.02. The molecule has 0 saturated carbocycles. The smallest absolute Gasteiger partial charge is 0.236 e. The van der Waals surface area contributed by atoms with Gasteiger partial charge in [0, 0.05) is 12.4 Å². The molecule has 1 aromatic carbocycles. The number of benzene rings is 1. The monoisotopic (exact) mass is 272 g/mol. The zero-order chi connectivity index (χ0) is 14.1. The maximum atomic E-state index is 13.7. The van der Waals surface area contributed by atoms with Crippen LogP contribution in [0.5, 0.6) is 5.75 Å². The zero-order valence-corrected chi connectivity index (χ0v) is 11.1. The summed E-state index contributed by atoms with van der Waals surface area (Å²) >= 11 is 0. The molecule has 2 aromatic heterocycles. The summed E-state index contributed by atoms with van der Waals surface area (Å²) in [6, 6.07) is 10.7. The van der Waals surface area contributed by atoms with Crippen molar-refractivity contribution in [1.29, 1.82) is 0 Å². The highest BCUT2D eigenvalue weighted by atomic mass is 19.1. The Morgan fingerprint density at radius 3 is 2.75 bits per heavy atom. The van der Waals surface area contributed by atoms with Crippen LogP contribution >= 0.6 is 0 Å². The summed E-state index contributed by atoms with van der Waals surface area (Å²) in [5.41, 5.74) is 1.52. The Hall–Kier alpha value is -2.56. The van der Waals surface area contributed by atoms with E-state index < -0.39 is 5.95 Å². The third kappa shape index (κ3) is 2.07. The minimum Gasteiger partial charge on any atom is -0.497 e. The standard InChI is InChI=1S/C15H13FN2O2/c1-17-12-5-4-11(18-15(12)16)14-8-9-7-10(19-2)3-6-13(9)20-14/h3-8,17H,1-2H3. The quantitative estimate of drug-likeness (QED) is 0.739. The van der Waals surface area contributed by atoms with E-state index in [-0.39, 0.29) is 0 Å². The Kier molecular flexibility index (Phi) is 3.02. The fourth-order valence-corrected chi connectivity index (χ4v) is 2.03. The Labute approximate surface area is 115 Å². The normalized spacial score (nSPS) is 10.8. The molecule has 0 bridgehead atoms. The second kappa shape index (κ2) is 4.85. The summed E-state index contributed by atoms with van der Waals surface area (Å²) in [5.74, 6) is 0.715. The minimum atomic E-state index is -0.553. The van der Waals surface area contributed by atoms with E-state index in [1.165, 1.54) is 0 Å². The van der Waals surface area contributed by atoms with Gasteiger partial charge in [-0.25, -0.2) is 4.98 Å². The molecule has 3 aromatic rings. The Balaban J connectivity index is 2.07. The third-order valence-corrected chi connectivity index (χ3v) is 3.09. The van der Waals surface area contributed by atoms with E-state index in [0.717, 1.165) is 11.1 Å². The highest BCUT2D eigenvalue weighted by Crippen LogP contribution is 2.30. The van der Waals surface area contributed by atoms with Crippen molar-refractivity contribution in [3.63, 3.8) is 0 Å². The second-order valence-electron chi connectivity index (χ2n) is 4.30. The first kappa shape index (κ1) is 12.5. The van der Waals surface area contributed by atoms with Gasteiger partial charge in [0.05, 0.1) is 12.8 Å². The molecular weight excluding hydrogens is 259 g/mol. The number of ether oxygens (including phenoxy) is 1. The largest absolute Gasteiger partial charge is 0.497 e. The summed E-state index contributed by atoms with van der Waals surface area (Å²) in [4.78, 5) is 3.90. The van der Waals surface area contributed by atoms with Gasteiger partial charge in [-0.3, -0.25) is 0 Å². The number of fused-ring (bicyclic) bond motifs is 1. The summed E-state index contributed by atoms with van der Waals surface area (Å²) in [5, 5.41) is 3.62. The summed E-state index contributed by atoms with van der Waals surface area (Å²) in [6.07, 6.45) is 0. The van der Waals surface area contributed by atoms with Crippen LogP contribution in [0.3, 0.4) is 0 Å². The van der Waals surface area contributed by atoms with Gasteiger partial charge in [-0.1, -0.05) is 0 Å². The Morgan fingerprint density at radius 1 is 1.20 bits per heavy atom. The molecule has 0 fully saturated rings. The molecular formula is C15H13FN2O2. The lowest BCUT2D eigenvalue weighted by atomic mass is 10.2. The maximum absolute atomic E-state index is 13.7. The number of anilines is 1. The van der Waals surface area contributed by atoms with Crippen LogP contribution in [-0.2, 0) is 0 Å². The number of hydrogen-bond donors (Lipinski definition) is 1. The summed E-state index contributed by atoms with van der Waals surface area (Å²) in [6.45, 7) is 0. The number of pyridine rings is 1. The number of halogens is 1. The molecule has 3 rings (SSSR count). The van der Waals surface area contributed by atoms with Crippen LogP contribution in [0.15, 0.2) is 40.8 Å². The second-order valence-corrected chi connectivity index (χ2v) is 4.30. The van der Waals surface area contributed by atoms with Gasteiger partial charge >= 0.3 is 0 Å². The van der Waals surface area contributed by atoms with Crippen molar-refractivity contribution in [2.24, 2.45) is 0 Å². The molecule has 4 nitrogen and oxygen atoms in total. The van der Waals surface area contributed by atoms with Gasteiger partial charge in [0.25, 0.3) is 0 Å². The third-order valence-electron chi connectivity index (χ3n) is 3.09. The van der Waals surface area contributed by atoms with Crippen molar-refractivity contribution in [2.75, 3.05) is 19.5 Å². The van der Waals surface area contributed by atoms with E-state index in [1.807, 2.05) is 24.3 Å². The van der Waals surface area contributed by atoms with Crippen molar-refractivity contribution in [2.45, 2.75) is 0 Å². The van der Waals surface area contributed by atoms with E-state index in [4.69, 9.17) is 9.15 Å². The van der Waals surface area contributed by atoms with Gasteiger partial charge in [0.15, 0.2) is 5.76 Å². The van der Waals surface area contributed by atoms with E-state index in [0.29, 0.717) is 22.7 Å². The van der Waals surface area contributed by atoms with Crippen LogP contribution in [-0.4, -0.2) is 19.1 Å². The molecule has 0 aliphatic heterocycles. The lowest BCUT2D eigenvalue weighted by molar-refractivity contribution is 0.415. The molecule has 0 spiro atoms. The summed E-state index contributed by atoms with van der Waals surface area (Å²) in [7, 11) is 3.25. The maximum Gasteiger partial charge on any atom is 0.236 e. The van der Waals surface area contributed by atoms with E-state index >= 15 is 0 Å². The molecule has 0 saturated heterocycles. The average Bonchev–Trinajstić information content (AvgIpc) is 2.89. The molecule has 5 heteroatoms. The first-order valence-electron chi connectivity index (χ1n) is 6.13. The van der Waals surface area contributed by atoms with Crippen molar-refractivity contribution >= 4 is 16.7 Å². The number of rotatable bonds is 3. The number of aromatic nitrogens is 1. The van der Waals surface area contributed by atoms with Crippen molar-refractivity contribution in [1.82, 2.24) is 4.98 Å². The molecule has 0 aliphatic carbocycles. The number of nitrogens with one attached hydrogen (secondary N) is 1. The van der Waals surface area contributed by atoms with Crippen LogP contribution in [0.2, 0.25) is 0 Å². The SMILES string of the molecule is CNc1ccc(-c2cc3cc(OC)ccc3o2)nc1F. The molecule has 0 atom stereocenters. The number of methoxy groups -OCH3 is 1. The zero-order valence-electron chi connectivity index (χ0n) is 11.1. The van der Waals surface area contributed by atoms with E-state index in [2.05, 4.69) is 10.3 Å². The van der Waals surface area contributed by atoms with Gasteiger partial charge in [-0.15, -0.1) is 0 Å². The molecule has 2 heterocycles. The van der Waals surface area contributed by atoms with Crippen LogP contribution in [0.4, 0.5) is 10.1 Å². The molecule has 1 N–H and O–H groups in total. The first-order valence-corrected chi connectivity index (χ1v) is 6.13. The minimum absolute atomic E-state index is 0.353. The van der Waals surface area contributed by atoms with Gasteiger partial charge in [0.1, 0.15) is 17.0 Å². The first-order chi connectivity index (χ1) is 9.71. The van der Waals surface area contributed by atoms with Gasteiger partial charge in [-0.2, -0.15) is 4.39 Å². The topological polar surface area (TPSA) is 47.3 Å². The molecule has 0 unspecified atom stereocenters. The molecule has 0 aliphatic rings. The predicted molar refractivity (Wildman–Crippen MR) is 75.5 cm³/mol. The fourth-order valence-electron chi connectivity index (χ4n) is 2.03. The molecule has 0 amide bonds. The Bertz CT molecular complexity index is 768. The highest BCUT2D eigenvalue weighted by molar-refractivity contribution is 5.83. The van der Waals surface area contributed by atoms with Crippen LogP contribution in [0.25, 0.3) is 22.4 Å². The van der Waals surface area contributed by atoms with E-state index in [9.17, 15) is 4.39 Å². The van der Waals surface area contributed by atoms with Crippen LogP contribution in [0.1, 0.15) is 0 Å². The Morgan fingerprint density at radius 2 is 2.05 bits per heavy atom. The lowest BCUT2D eigenvalue weighted by Crippen LogP contribution is -1.95.